The number of thioether (sulfide) groups is 1. The second-order valence-corrected chi connectivity index (χ2v) is 8.56. The molecule has 3 N–H and O–H groups in total. The fourth-order valence-corrected chi connectivity index (χ4v) is 5.02. The van der Waals surface area contributed by atoms with Crippen molar-refractivity contribution in [2.45, 2.75) is 24.6 Å². The summed E-state index contributed by atoms with van der Waals surface area (Å²) in [6, 6.07) is 15.0. The van der Waals surface area contributed by atoms with Gasteiger partial charge in [0.05, 0.1) is 5.75 Å². The Hall–Kier alpha value is -2.05. The highest BCUT2D eigenvalue weighted by molar-refractivity contribution is 7.99. The van der Waals surface area contributed by atoms with Crippen LogP contribution in [0.2, 0.25) is 0 Å². The summed E-state index contributed by atoms with van der Waals surface area (Å²) in [7, 11) is 0. The van der Waals surface area contributed by atoms with E-state index in [1.807, 2.05) is 12.1 Å². The Bertz CT molecular complexity index is 877. The Balaban J connectivity index is 1.18. The Labute approximate surface area is 169 Å². The maximum absolute atomic E-state index is 12.1. The molecule has 1 amide bonds. The van der Waals surface area contributed by atoms with Crippen molar-refractivity contribution in [1.29, 1.82) is 0 Å². The highest BCUT2D eigenvalue weighted by Crippen LogP contribution is 2.38. The summed E-state index contributed by atoms with van der Waals surface area (Å²) in [4.78, 5) is 12.1. The second kappa shape index (κ2) is 8.31. The van der Waals surface area contributed by atoms with Crippen LogP contribution in [0.1, 0.15) is 18.4 Å². The van der Waals surface area contributed by atoms with Gasteiger partial charge in [-0.2, -0.15) is 0 Å². The van der Waals surface area contributed by atoms with Crippen molar-refractivity contribution in [2.24, 2.45) is 11.8 Å². The summed E-state index contributed by atoms with van der Waals surface area (Å²) in [5.74, 6) is 2.37. The van der Waals surface area contributed by atoms with E-state index in [4.69, 9.17) is 12.2 Å². The van der Waals surface area contributed by atoms with Crippen molar-refractivity contribution in [2.75, 3.05) is 5.75 Å². The fraction of sp³-hybridized carbons (Fsp3) is 0.333. The van der Waals surface area contributed by atoms with Gasteiger partial charge in [-0.05, 0) is 53.2 Å². The molecular formula is C21H23N3OS2. The number of hydrogen-bond acceptors (Lipinski definition) is 3. The monoisotopic (exact) mass is 397 g/mol. The highest BCUT2D eigenvalue weighted by Gasteiger charge is 2.35. The van der Waals surface area contributed by atoms with Gasteiger partial charge in [-0.25, -0.2) is 0 Å². The van der Waals surface area contributed by atoms with E-state index in [2.05, 4.69) is 58.7 Å². The van der Waals surface area contributed by atoms with Gasteiger partial charge in [-0.15, -0.1) is 11.8 Å². The summed E-state index contributed by atoms with van der Waals surface area (Å²) in [5, 5.41) is 6.29. The van der Waals surface area contributed by atoms with Crippen LogP contribution < -0.4 is 16.2 Å². The lowest BCUT2D eigenvalue weighted by Gasteiger charge is -2.22. The van der Waals surface area contributed by atoms with Crippen LogP contribution in [0.3, 0.4) is 0 Å². The van der Waals surface area contributed by atoms with Crippen LogP contribution >= 0.6 is 24.0 Å². The first-order valence-corrected chi connectivity index (χ1v) is 10.8. The molecule has 1 fully saturated rings. The topological polar surface area (TPSA) is 53.2 Å². The number of hydrazine groups is 1. The normalized spacial score (nSPS) is 22.7. The minimum absolute atomic E-state index is 0.0720. The average Bonchev–Trinajstić information content (AvgIpc) is 3.30. The molecule has 6 heteroatoms. The zero-order chi connectivity index (χ0) is 18.6. The Kier molecular flexibility index (Phi) is 5.64. The molecule has 2 aliphatic carbocycles. The van der Waals surface area contributed by atoms with Gasteiger partial charge in [-0.1, -0.05) is 54.6 Å². The number of amides is 1. The maximum Gasteiger partial charge on any atom is 0.248 e. The van der Waals surface area contributed by atoms with E-state index in [0.717, 1.165) is 12.2 Å². The maximum atomic E-state index is 12.1. The van der Waals surface area contributed by atoms with Gasteiger partial charge in [0.1, 0.15) is 0 Å². The third-order valence-electron chi connectivity index (χ3n) is 5.28. The molecule has 27 heavy (non-hydrogen) atoms. The van der Waals surface area contributed by atoms with E-state index in [1.165, 1.54) is 22.8 Å². The fourth-order valence-electron chi connectivity index (χ4n) is 3.99. The van der Waals surface area contributed by atoms with Crippen molar-refractivity contribution >= 4 is 45.8 Å². The van der Waals surface area contributed by atoms with Crippen molar-refractivity contribution in [3.8, 4) is 0 Å². The third kappa shape index (κ3) is 4.45. The SMILES string of the molecule is O=C(CSCc1cccc2ccccc12)NNC(=S)N[C@@H]1C[C@H]2C=C[C@@H]1C2. The number of allylic oxidation sites excluding steroid dienone is 1. The Morgan fingerprint density at radius 2 is 1.93 bits per heavy atom. The molecule has 4 rings (SSSR count). The largest absolute Gasteiger partial charge is 0.358 e. The molecule has 2 aromatic rings. The van der Waals surface area contributed by atoms with E-state index < -0.39 is 0 Å². The smallest absolute Gasteiger partial charge is 0.248 e. The number of hydrogen-bond donors (Lipinski definition) is 3. The molecule has 2 bridgehead atoms. The minimum Gasteiger partial charge on any atom is -0.358 e. The van der Waals surface area contributed by atoms with Crippen LogP contribution in [-0.4, -0.2) is 22.8 Å². The number of thiocarbonyl (C=S) groups is 1. The zero-order valence-electron chi connectivity index (χ0n) is 15.0. The van der Waals surface area contributed by atoms with Crippen LogP contribution in [-0.2, 0) is 10.5 Å². The first-order valence-electron chi connectivity index (χ1n) is 9.27. The lowest BCUT2D eigenvalue weighted by atomic mass is 10.0. The van der Waals surface area contributed by atoms with Crippen molar-refractivity contribution in [3.63, 3.8) is 0 Å². The first kappa shape index (κ1) is 18.3. The number of benzene rings is 2. The Morgan fingerprint density at radius 1 is 1.07 bits per heavy atom. The molecular weight excluding hydrogens is 374 g/mol. The molecule has 0 spiro atoms. The van der Waals surface area contributed by atoms with E-state index >= 15 is 0 Å². The lowest BCUT2D eigenvalue weighted by molar-refractivity contribution is -0.119. The molecule has 1 saturated carbocycles. The Morgan fingerprint density at radius 3 is 2.74 bits per heavy atom. The second-order valence-electron chi connectivity index (χ2n) is 7.16. The van der Waals surface area contributed by atoms with E-state index in [0.29, 0.717) is 28.7 Å². The molecule has 0 heterocycles. The minimum atomic E-state index is -0.0720. The van der Waals surface area contributed by atoms with Gasteiger partial charge in [0.15, 0.2) is 5.11 Å². The van der Waals surface area contributed by atoms with Crippen LogP contribution in [0.15, 0.2) is 54.6 Å². The predicted octanol–water partition coefficient (Wildman–Crippen LogP) is 3.53. The number of nitrogens with one attached hydrogen (secondary N) is 3. The first-order chi connectivity index (χ1) is 13.2. The molecule has 2 aromatic carbocycles. The molecule has 2 aliphatic rings. The van der Waals surface area contributed by atoms with Gasteiger partial charge in [0, 0.05) is 11.8 Å². The van der Waals surface area contributed by atoms with E-state index in [9.17, 15) is 4.79 Å². The standard InChI is InChI=1S/C21H23N3OS2/c25-20(23-24-21(26)22-19-11-14-8-9-16(19)10-14)13-27-12-17-6-3-5-15-4-1-2-7-18(15)17/h1-9,14,16,19H,10-13H2,(H,23,25)(H2,22,24,26)/t14-,16+,19+/m0/s1. The molecule has 4 nitrogen and oxygen atoms in total. The summed E-state index contributed by atoms with van der Waals surface area (Å²) in [6.07, 6.45) is 6.92. The van der Waals surface area contributed by atoms with Crippen LogP contribution in [0.25, 0.3) is 10.8 Å². The van der Waals surface area contributed by atoms with E-state index in [1.54, 1.807) is 11.8 Å². The molecule has 3 atom stereocenters. The van der Waals surface area contributed by atoms with Gasteiger partial charge in [0.25, 0.3) is 0 Å². The van der Waals surface area contributed by atoms with Gasteiger partial charge in [-0.3, -0.25) is 15.6 Å². The third-order valence-corrected chi connectivity index (χ3v) is 6.48. The lowest BCUT2D eigenvalue weighted by Crippen LogP contribution is -2.50. The molecule has 0 unspecified atom stereocenters. The van der Waals surface area contributed by atoms with Gasteiger partial charge in [0.2, 0.25) is 5.91 Å². The van der Waals surface area contributed by atoms with Gasteiger partial charge < -0.3 is 5.32 Å². The predicted molar refractivity (Wildman–Crippen MR) is 116 cm³/mol. The zero-order valence-corrected chi connectivity index (χ0v) is 16.6. The summed E-state index contributed by atoms with van der Waals surface area (Å²) >= 11 is 6.90. The molecule has 0 radical (unpaired) electrons. The van der Waals surface area contributed by atoms with Crippen LogP contribution in [0, 0.1) is 11.8 Å². The number of fused-ring (bicyclic) bond motifs is 3. The van der Waals surface area contributed by atoms with E-state index in [-0.39, 0.29) is 5.91 Å². The summed E-state index contributed by atoms with van der Waals surface area (Å²) in [5.41, 5.74) is 6.77. The molecule has 0 saturated heterocycles. The molecule has 140 valence electrons. The van der Waals surface area contributed by atoms with Crippen LogP contribution in [0.4, 0.5) is 0 Å². The number of carbonyl (C=O) groups is 1. The van der Waals surface area contributed by atoms with Crippen molar-refractivity contribution in [1.82, 2.24) is 16.2 Å². The summed E-state index contributed by atoms with van der Waals surface area (Å²) in [6.45, 7) is 0. The van der Waals surface area contributed by atoms with Crippen molar-refractivity contribution < 1.29 is 4.79 Å². The average molecular weight is 398 g/mol. The quantitative estimate of drug-likeness (QED) is 0.409. The van der Waals surface area contributed by atoms with Crippen LogP contribution in [0.5, 0.6) is 0 Å². The molecule has 0 aliphatic heterocycles. The van der Waals surface area contributed by atoms with Gasteiger partial charge >= 0.3 is 0 Å². The highest BCUT2D eigenvalue weighted by atomic mass is 32.2. The number of carbonyl (C=O) groups excluding carboxylic acids is 1. The van der Waals surface area contributed by atoms with Crippen molar-refractivity contribution in [3.05, 3.63) is 60.2 Å². The number of rotatable bonds is 5. The summed E-state index contributed by atoms with van der Waals surface area (Å²) < 4.78 is 0. The molecule has 0 aromatic heterocycles.